The first-order valence-corrected chi connectivity index (χ1v) is 6.77. The first-order valence-electron chi connectivity index (χ1n) is 6.39. The Morgan fingerprint density at radius 2 is 1.73 bits per heavy atom. The minimum Gasteiger partial charge on any atom is -0.494 e. The molecule has 22 heavy (non-hydrogen) atoms. The van der Waals surface area contributed by atoms with Crippen LogP contribution < -0.4 is 25.8 Å². The normalized spacial score (nSPS) is 9.95. The molecule has 0 aliphatic carbocycles. The van der Waals surface area contributed by atoms with Crippen molar-refractivity contribution in [3.63, 3.8) is 0 Å². The van der Waals surface area contributed by atoms with E-state index in [1.54, 1.807) is 36.4 Å². The molecule has 2 aromatic carbocycles. The summed E-state index contributed by atoms with van der Waals surface area (Å²) in [7, 11) is 3.02. The van der Waals surface area contributed by atoms with Crippen LogP contribution >= 0.6 is 11.6 Å². The molecule has 0 bridgehead atoms. The number of hydrogen-bond donors (Lipinski definition) is 3. The number of halogens is 1. The van der Waals surface area contributed by atoms with Crippen LogP contribution in [0.1, 0.15) is 0 Å². The van der Waals surface area contributed by atoms with Crippen LogP contribution in [0.5, 0.6) is 11.5 Å². The molecule has 0 saturated carbocycles. The second-order valence-electron chi connectivity index (χ2n) is 4.35. The lowest BCUT2D eigenvalue weighted by Gasteiger charge is -2.14. The Morgan fingerprint density at radius 1 is 1.09 bits per heavy atom. The Kier molecular flexibility index (Phi) is 4.95. The van der Waals surface area contributed by atoms with E-state index < -0.39 is 6.03 Å². The minimum atomic E-state index is -0.455. The molecule has 0 aliphatic heterocycles. The zero-order chi connectivity index (χ0) is 16.1. The van der Waals surface area contributed by atoms with Crippen molar-refractivity contribution >= 4 is 34.7 Å². The highest BCUT2D eigenvalue weighted by molar-refractivity contribution is 6.33. The highest BCUT2D eigenvalue weighted by atomic mass is 35.5. The van der Waals surface area contributed by atoms with Crippen molar-refractivity contribution in [1.29, 1.82) is 0 Å². The molecule has 0 fully saturated rings. The van der Waals surface area contributed by atoms with Crippen LogP contribution in [-0.2, 0) is 0 Å². The summed E-state index contributed by atoms with van der Waals surface area (Å²) in [6.45, 7) is 0. The maximum Gasteiger partial charge on any atom is 0.323 e. The molecule has 0 saturated heterocycles. The fraction of sp³-hybridized carbons (Fsp3) is 0.133. The first kappa shape index (κ1) is 15.8. The molecule has 4 N–H and O–H groups in total. The zero-order valence-electron chi connectivity index (χ0n) is 12.1. The van der Waals surface area contributed by atoms with Crippen LogP contribution in [0.4, 0.5) is 21.9 Å². The number of hydrogen-bond acceptors (Lipinski definition) is 4. The lowest BCUT2D eigenvalue weighted by Crippen LogP contribution is -2.20. The van der Waals surface area contributed by atoms with Gasteiger partial charge in [0, 0.05) is 5.69 Å². The van der Waals surface area contributed by atoms with Gasteiger partial charge in [-0.1, -0.05) is 17.7 Å². The number of rotatable bonds is 4. The van der Waals surface area contributed by atoms with Crippen molar-refractivity contribution in [2.75, 3.05) is 30.6 Å². The Morgan fingerprint density at radius 3 is 2.27 bits per heavy atom. The molecule has 116 valence electrons. The van der Waals surface area contributed by atoms with Crippen LogP contribution in [0.15, 0.2) is 36.4 Å². The topological polar surface area (TPSA) is 85.6 Å². The number of benzene rings is 2. The summed E-state index contributed by atoms with van der Waals surface area (Å²) in [5.41, 5.74) is 7.02. The number of nitrogens with two attached hydrogens (primary N) is 1. The molecule has 0 unspecified atom stereocenters. The molecule has 0 aromatic heterocycles. The van der Waals surface area contributed by atoms with E-state index in [1.807, 2.05) is 0 Å². The van der Waals surface area contributed by atoms with Crippen molar-refractivity contribution in [3.05, 3.63) is 41.4 Å². The summed E-state index contributed by atoms with van der Waals surface area (Å²) >= 11 is 5.92. The Bertz CT molecular complexity index is 669. The summed E-state index contributed by atoms with van der Waals surface area (Å²) < 4.78 is 10.4. The molecule has 0 atom stereocenters. The van der Waals surface area contributed by atoms with Gasteiger partial charge in [0.05, 0.1) is 24.9 Å². The number of urea groups is 1. The molecule has 0 spiro atoms. The molecule has 0 radical (unpaired) electrons. The third kappa shape index (κ3) is 3.53. The van der Waals surface area contributed by atoms with Crippen molar-refractivity contribution < 1.29 is 14.3 Å². The summed E-state index contributed by atoms with van der Waals surface area (Å²) in [4.78, 5) is 12.1. The van der Waals surface area contributed by atoms with Crippen LogP contribution in [-0.4, -0.2) is 20.3 Å². The van der Waals surface area contributed by atoms with Crippen molar-refractivity contribution in [2.45, 2.75) is 0 Å². The number of nitrogen functional groups attached to an aromatic ring is 1. The molecule has 2 amide bonds. The summed E-state index contributed by atoms with van der Waals surface area (Å²) in [6, 6.07) is 9.58. The SMILES string of the molecule is COc1cccc(OC)c1NC(=O)Nc1ccc(N)c(Cl)c1. The smallest absolute Gasteiger partial charge is 0.323 e. The number of amides is 2. The minimum absolute atomic E-state index is 0.368. The van der Waals surface area contributed by atoms with Crippen molar-refractivity contribution in [1.82, 2.24) is 0 Å². The first-order chi connectivity index (χ1) is 10.5. The third-order valence-corrected chi connectivity index (χ3v) is 3.25. The molecule has 2 aromatic rings. The quantitative estimate of drug-likeness (QED) is 0.751. The average molecular weight is 322 g/mol. The number of ether oxygens (including phenoxy) is 2. The van der Waals surface area contributed by atoms with Gasteiger partial charge in [-0.05, 0) is 30.3 Å². The largest absolute Gasteiger partial charge is 0.494 e. The second kappa shape index (κ2) is 6.91. The van der Waals surface area contributed by atoms with Gasteiger partial charge in [0.1, 0.15) is 17.2 Å². The fourth-order valence-corrected chi connectivity index (χ4v) is 2.04. The van der Waals surface area contributed by atoms with Crippen LogP contribution in [0.25, 0.3) is 0 Å². The lowest BCUT2D eigenvalue weighted by atomic mass is 10.2. The molecular weight excluding hydrogens is 306 g/mol. The van der Waals surface area contributed by atoms with Gasteiger partial charge < -0.3 is 25.8 Å². The molecule has 0 heterocycles. The maximum absolute atomic E-state index is 12.1. The molecule has 6 nitrogen and oxygen atoms in total. The zero-order valence-corrected chi connectivity index (χ0v) is 12.9. The summed E-state index contributed by atoms with van der Waals surface area (Å²) in [6.07, 6.45) is 0. The van der Waals surface area contributed by atoms with Crippen molar-refractivity contribution in [3.8, 4) is 11.5 Å². The number of methoxy groups -OCH3 is 2. The fourth-order valence-electron chi connectivity index (χ4n) is 1.86. The Balaban J connectivity index is 2.17. The predicted octanol–water partition coefficient (Wildman–Crippen LogP) is 3.58. The standard InChI is InChI=1S/C15H16ClN3O3/c1-21-12-4-3-5-13(22-2)14(12)19-15(20)18-9-6-7-11(17)10(16)8-9/h3-8H,17H2,1-2H3,(H2,18,19,20). The van der Waals surface area contributed by atoms with E-state index in [0.29, 0.717) is 33.6 Å². The lowest BCUT2D eigenvalue weighted by molar-refractivity contribution is 0.262. The third-order valence-electron chi connectivity index (χ3n) is 2.92. The van der Waals surface area contributed by atoms with E-state index in [1.165, 1.54) is 14.2 Å². The van der Waals surface area contributed by atoms with Gasteiger partial charge in [-0.15, -0.1) is 0 Å². The van der Waals surface area contributed by atoms with E-state index in [4.69, 9.17) is 26.8 Å². The molecule has 7 heteroatoms. The van der Waals surface area contributed by atoms with Crippen LogP contribution in [0, 0.1) is 0 Å². The highest BCUT2D eigenvalue weighted by Crippen LogP contribution is 2.34. The van der Waals surface area contributed by atoms with E-state index in [2.05, 4.69) is 10.6 Å². The highest BCUT2D eigenvalue weighted by Gasteiger charge is 2.13. The molecule has 2 rings (SSSR count). The van der Waals surface area contributed by atoms with E-state index in [9.17, 15) is 4.79 Å². The van der Waals surface area contributed by atoms with E-state index in [0.717, 1.165) is 0 Å². The van der Waals surface area contributed by atoms with Crippen LogP contribution in [0.2, 0.25) is 5.02 Å². The second-order valence-corrected chi connectivity index (χ2v) is 4.76. The van der Waals surface area contributed by atoms with Gasteiger partial charge in [-0.2, -0.15) is 0 Å². The summed E-state index contributed by atoms with van der Waals surface area (Å²) in [5, 5.41) is 5.72. The average Bonchev–Trinajstić information content (AvgIpc) is 2.51. The monoisotopic (exact) mass is 321 g/mol. The Labute approximate surface area is 133 Å². The van der Waals surface area contributed by atoms with Gasteiger partial charge in [0.25, 0.3) is 0 Å². The maximum atomic E-state index is 12.1. The number of anilines is 3. The number of carbonyl (C=O) groups excluding carboxylic acids is 1. The Hall–Kier alpha value is -2.60. The van der Waals surface area contributed by atoms with Crippen molar-refractivity contribution in [2.24, 2.45) is 0 Å². The van der Waals surface area contributed by atoms with Crippen LogP contribution in [0.3, 0.4) is 0 Å². The summed E-state index contributed by atoms with van der Waals surface area (Å²) in [5.74, 6) is 0.981. The van der Waals surface area contributed by atoms with Gasteiger partial charge >= 0.3 is 6.03 Å². The molecule has 0 aliphatic rings. The van der Waals surface area contributed by atoms with Gasteiger partial charge in [-0.3, -0.25) is 0 Å². The number of para-hydroxylation sites is 1. The van der Waals surface area contributed by atoms with Gasteiger partial charge in [0.15, 0.2) is 0 Å². The van der Waals surface area contributed by atoms with Gasteiger partial charge in [-0.25, -0.2) is 4.79 Å². The van der Waals surface area contributed by atoms with Gasteiger partial charge in [0.2, 0.25) is 0 Å². The number of carbonyl (C=O) groups is 1. The predicted molar refractivity (Wildman–Crippen MR) is 88.1 cm³/mol. The molecular formula is C15H16ClN3O3. The number of nitrogens with one attached hydrogen (secondary N) is 2. The van der Waals surface area contributed by atoms with E-state index >= 15 is 0 Å². The van der Waals surface area contributed by atoms with E-state index in [-0.39, 0.29) is 0 Å².